The molecule has 0 saturated heterocycles. The van der Waals surface area contributed by atoms with Crippen molar-refractivity contribution in [2.24, 2.45) is 5.92 Å². The highest BCUT2D eigenvalue weighted by molar-refractivity contribution is 5.44. The second-order valence-electron chi connectivity index (χ2n) is 4.03. The quantitative estimate of drug-likeness (QED) is 0.801. The molecule has 0 heterocycles. The lowest BCUT2D eigenvalue weighted by atomic mass is 10.0. The van der Waals surface area contributed by atoms with Gasteiger partial charge >= 0.3 is 0 Å². The van der Waals surface area contributed by atoms with Crippen molar-refractivity contribution in [1.82, 2.24) is 0 Å². The second-order valence-corrected chi connectivity index (χ2v) is 4.03. The van der Waals surface area contributed by atoms with E-state index in [1.165, 1.54) is 6.07 Å². The molecular formula is C12H17F2N. The first-order valence-corrected chi connectivity index (χ1v) is 5.26. The van der Waals surface area contributed by atoms with Crippen molar-refractivity contribution < 1.29 is 8.78 Å². The zero-order valence-corrected chi connectivity index (χ0v) is 9.35. The normalized spacial score (nSPS) is 12.9. The number of hydrogen-bond donors (Lipinski definition) is 1. The van der Waals surface area contributed by atoms with Crippen molar-refractivity contribution in [1.29, 1.82) is 0 Å². The largest absolute Gasteiger partial charge is 0.382 e. The van der Waals surface area contributed by atoms with E-state index in [1.807, 2.05) is 0 Å². The molecule has 3 heteroatoms. The molecule has 1 aromatic carbocycles. The van der Waals surface area contributed by atoms with Crippen molar-refractivity contribution in [2.45, 2.75) is 33.2 Å². The molecular weight excluding hydrogens is 196 g/mol. The van der Waals surface area contributed by atoms with Gasteiger partial charge in [-0.15, -0.1) is 0 Å². The maximum atomic E-state index is 12.9. The van der Waals surface area contributed by atoms with E-state index in [2.05, 4.69) is 26.1 Å². The van der Waals surface area contributed by atoms with Gasteiger partial charge in [0, 0.05) is 17.8 Å². The number of benzene rings is 1. The number of hydrogen-bond acceptors (Lipinski definition) is 1. The third-order valence-electron chi connectivity index (χ3n) is 2.52. The summed E-state index contributed by atoms with van der Waals surface area (Å²) >= 11 is 0. The minimum absolute atomic E-state index is 0.287. The Morgan fingerprint density at radius 1 is 1.20 bits per heavy atom. The van der Waals surface area contributed by atoms with E-state index in [0.717, 1.165) is 12.5 Å². The number of halogens is 2. The van der Waals surface area contributed by atoms with Crippen LogP contribution in [0.5, 0.6) is 0 Å². The summed E-state index contributed by atoms with van der Waals surface area (Å²) in [4.78, 5) is 0. The lowest BCUT2D eigenvalue weighted by Gasteiger charge is -2.21. The van der Waals surface area contributed by atoms with Gasteiger partial charge in [0.2, 0.25) is 0 Å². The lowest BCUT2D eigenvalue weighted by molar-refractivity contribution is 0.501. The van der Waals surface area contributed by atoms with Gasteiger partial charge in [0.05, 0.1) is 0 Å². The number of rotatable bonds is 4. The van der Waals surface area contributed by atoms with Crippen molar-refractivity contribution in [3.63, 3.8) is 0 Å². The Bertz CT molecular complexity index is 323. The molecule has 0 bridgehead atoms. The van der Waals surface area contributed by atoms with E-state index >= 15 is 0 Å². The molecule has 0 aliphatic heterocycles. The van der Waals surface area contributed by atoms with Gasteiger partial charge in [-0.1, -0.05) is 20.8 Å². The topological polar surface area (TPSA) is 12.0 Å². The van der Waals surface area contributed by atoms with E-state index in [-0.39, 0.29) is 6.04 Å². The summed E-state index contributed by atoms with van der Waals surface area (Å²) in [6, 6.07) is 4.18. The van der Waals surface area contributed by atoms with Gasteiger partial charge in [-0.25, -0.2) is 8.78 Å². The van der Waals surface area contributed by atoms with Crippen molar-refractivity contribution in [3.05, 3.63) is 29.8 Å². The van der Waals surface area contributed by atoms with Gasteiger partial charge in [0.25, 0.3) is 0 Å². The van der Waals surface area contributed by atoms with Crippen LogP contribution in [0.1, 0.15) is 27.2 Å². The fourth-order valence-corrected chi connectivity index (χ4v) is 1.54. The summed E-state index contributed by atoms with van der Waals surface area (Å²) in [6.45, 7) is 6.26. The summed E-state index contributed by atoms with van der Waals surface area (Å²) < 4.78 is 25.6. The highest BCUT2D eigenvalue weighted by atomic mass is 19.2. The summed E-state index contributed by atoms with van der Waals surface area (Å²) in [5, 5.41) is 3.19. The fraction of sp³-hybridized carbons (Fsp3) is 0.500. The Kier molecular flexibility index (Phi) is 4.06. The first kappa shape index (κ1) is 12.0. The van der Waals surface area contributed by atoms with E-state index < -0.39 is 11.6 Å². The van der Waals surface area contributed by atoms with Crippen LogP contribution in [0.25, 0.3) is 0 Å². The number of anilines is 1. The summed E-state index contributed by atoms with van der Waals surface area (Å²) in [5.74, 6) is -1.15. The molecule has 1 rings (SSSR count). The first-order chi connectivity index (χ1) is 7.04. The van der Waals surface area contributed by atoms with Crippen LogP contribution in [0.4, 0.5) is 14.5 Å². The minimum atomic E-state index is -0.807. The SMILES string of the molecule is CCC(Nc1ccc(F)c(F)c1)C(C)C. The Morgan fingerprint density at radius 2 is 1.87 bits per heavy atom. The maximum absolute atomic E-state index is 12.9. The highest BCUT2D eigenvalue weighted by Gasteiger charge is 2.11. The molecule has 1 nitrogen and oxygen atoms in total. The van der Waals surface area contributed by atoms with E-state index in [0.29, 0.717) is 11.6 Å². The van der Waals surface area contributed by atoms with Crippen LogP contribution in [0.3, 0.4) is 0 Å². The summed E-state index contributed by atoms with van der Waals surface area (Å²) in [6.07, 6.45) is 0.955. The Morgan fingerprint density at radius 3 is 2.33 bits per heavy atom. The molecule has 1 aromatic rings. The predicted octanol–water partition coefficient (Wildman–Crippen LogP) is 3.81. The monoisotopic (exact) mass is 213 g/mol. The molecule has 15 heavy (non-hydrogen) atoms. The van der Waals surface area contributed by atoms with Gasteiger partial charge in [-0.05, 0) is 24.5 Å². The Labute approximate surface area is 89.5 Å². The first-order valence-electron chi connectivity index (χ1n) is 5.26. The molecule has 0 spiro atoms. The second kappa shape index (κ2) is 5.10. The molecule has 0 radical (unpaired) electrons. The molecule has 1 atom stereocenters. The smallest absolute Gasteiger partial charge is 0.160 e. The van der Waals surface area contributed by atoms with Crippen LogP contribution >= 0.6 is 0 Å². The van der Waals surface area contributed by atoms with E-state index in [9.17, 15) is 8.78 Å². The maximum Gasteiger partial charge on any atom is 0.160 e. The van der Waals surface area contributed by atoms with E-state index in [4.69, 9.17) is 0 Å². The van der Waals surface area contributed by atoms with Crippen molar-refractivity contribution in [3.8, 4) is 0 Å². The summed E-state index contributed by atoms with van der Waals surface area (Å²) in [7, 11) is 0. The standard InChI is InChI=1S/C12H17F2N/c1-4-12(8(2)3)15-9-5-6-10(13)11(14)7-9/h5-8,12,15H,4H2,1-3H3. The van der Waals surface area contributed by atoms with Gasteiger partial charge in [0.1, 0.15) is 0 Å². The van der Waals surface area contributed by atoms with Crippen molar-refractivity contribution >= 4 is 5.69 Å². The molecule has 0 saturated carbocycles. The van der Waals surface area contributed by atoms with E-state index in [1.54, 1.807) is 6.07 Å². The molecule has 84 valence electrons. The van der Waals surface area contributed by atoms with Gasteiger partial charge in [-0.3, -0.25) is 0 Å². The van der Waals surface area contributed by atoms with Crippen LogP contribution in [0.15, 0.2) is 18.2 Å². The Balaban J connectivity index is 2.75. The van der Waals surface area contributed by atoms with Crippen LogP contribution in [-0.4, -0.2) is 6.04 Å². The molecule has 0 amide bonds. The van der Waals surface area contributed by atoms with Crippen LogP contribution < -0.4 is 5.32 Å². The average molecular weight is 213 g/mol. The molecule has 1 unspecified atom stereocenters. The predicted molar refractivity (Wildman–Crippen MR) is 58.9 cm³/mol. The number of nitrogens with one attached hydrogen (secondary N) is 1. The zero-order chi connectivity index (χ0) is 11.4. The summed E-state index contributed by atoms with van der Waals surface area (Å²) in [5.41, 5.74) is 0.634. The van der Waals surface area contributed by atoms with Crippen molar-refractivity contribution in [2.75, 3.05) is 5.32 Å². The molecule has 1 N–H and O–H groups in total. The fourth-order valence-electron chi connectivity index (χ4n) is 1.54. The third-order valence-corrected chi connectivity index (χ3v) is 2.52. The zero-order valence-electron chi connectivity index (χ0n) is 9.35. The Hall–Kier alpha value is -1.12. The highest BCUT2D eigenvalue weighted by Crippen LogP contribution is 2.17. The van der Waals surface area contributed by atoms with Gasteiger partial charge in [-0.2, -0.15) is 0 Å². The average Bonchev–Trinajstić information content (AvgIpc) is 2.19. The lowest BCUT2D eigenvalue weighted by Crippen LogP contribution is -2.24. The molecule has 0 fully saturated rings. The van der Waals surface area contributed by atoms with Gasteiger partial charge in [0.15, 0.2) is 11.6 Å². The molecule has 0 aliphatic rings. The minimum Gasteiger partial charge on any atom is -0.382 e. The molecule has 0 aromatic heterocycles. The van der Waals surface area contributed by atoms with Gasteiger partial charge < -0.3 is 5.32 Å². The molecule has 0 aliphatic carbocycles. The van der Waals surface area contributed by atoms with Crippen LogP contribution in [-0.2, 0) is 0 Å². The van der Waals surface area contributed by atoms with Crippen LogP contribution in [0.2, 0.25) is 0 Å². The van der Waals surface area contributed by atoms with Crippen LogP contribution in [0, 0.1) is 17.6 Å². The third kappa shape index (κ3) is 3.18.